The Bertz CT molecular complexity index is 948. The number of rotatable bonds is 4. The van der Waals surface area contributed by atoms with E-state index >= 15 is 0 Å². The number of benzene rings is 2. The first kappa shape index (κ1) is 18.9. The summed E-state index contributed by atoms with van der Waals surface area (Å²) in [6.45, 7) is 5.62. The Hall–Kier alpha value is -2.86. The van der Waals surface area contributed by atoms with Gasteiger partial charge < -0.3 is 5.32 Å². The van der Waals surface area contributed by atoms with E-state index in [9.17, 15) is 14.4 Å². The van der Waals surface area contributed by atoms with Crippen LogP contribution in [0.4, 0.5) is 10.5 Å². The van der Waals surface area contributed by atoms with Crippen molar-refractivity contribution < 1.29 is 14.4 Å². The van der Waals surface area contributed by atoms with Crippen LogP contribution in [0.5, 0.6) is 0 Å². The van der Waals surface area contributed by atoms with Crippen molar-refractivity contribution in [3.05, 3.63) is 69.6 Å². The molecule has 3 amide bonds. The summed E-state index contributed by atoms with van der Waals surface area (Å²) in [4.78, 5) is 38.3. The minimum atomic E-state index is -0.444. The van der Waals surface area contributed by atoms with E-state index in [0.29, 0.717) is 10.6 Å². The van der Waals surface area contributed by atoms with E-state index < -0.39 is 17.1 Å². The zero-order valence-electron chi connectivity index (χ0n) is 15.4. The average molecular weight is 380 g/mol. The lowest BCUT2D eigenvalue weighted by atomic mass is 10.1. The topological polar surface area (TPSA) is 66.5 Å². The predicted molar refractivity (Wildman–Crippen MR) is 108 cm³/mol. The Balaban J connectivity index is 1.68. The molecule has 1 heterocycles. The zero-order valence-corrected chi connectivity index (χ0v) is 16.2. The highest BCUT2D eigenvalue weighted by Gasteiger charge is 2.36. The van der Waals surface area contributed by atoms with Crippen molar-refractivity contribution in [2.24, 2.45) is 0 Å². The van der Waals surface area contributed by atoms with Gasteiger partial charge in [-0.25, -0.2) is 0 Å². The third kappa shape index (κ3) is 4.46. The van der Waals surface area contributed by atoms with Crippen molar-refractivity contribution in [2.45, 2.75) is 20.8 Å². The fraction of sp³-hybridized carbons (Fsp3) is 0.190. The highest BCUT2D eigenvalue weighted by Crippen LogP contribution is 2.32. The number of aryl methyl sites for hydroxylation is 3. The van der Waals surface area contributed by atoms with Crippen molar-refractivity contribution in [2.75, 3.05) is 11.9 Å². The third-order valence-electron chi connectivity index (χ3n) is 4.34. The summed E-state index contributed by atoms with van der Waals surface area (Å²) in [5, 5.41) is 2.30. The van der Waals surface area contributed by atoms with E-state index in [4.69, 9.17) is 0 Å². The lowest BCUT2D eigenvalue weighted by Crippen LogP contribution is -2.36. The molecule has 0 bridgehead atoms. The highest BCUT2D eigenvalue weighted by molar-refractivity contribution is 8.18. The molecule has 5 nitrogen and oxygen atoms in total. The van der Waals surface area contributed by atoms with Gasteiger partial charge in [-0.15, -0.1) is 0 Å². The van der Waals surface area contributed by atoms with Crippen LogP contribution in [0.15, 0.2) is 47.4 Å². The van der Waals surface area contributed by atoms with E-state index in [2.05, 4.69) is 5.32 Å². The molecule has 1 saturated heterocycles. The second-order valence-corrected chi connectivity index (χ2v) is 7.52. The van der Waals surface area contributed by atoms with Crippen LogP contribution in [0.25, 0.3) is 6.08 Å². The quantitative estimate of drug-likeness (QED) is 0.804. The van der Waals surface area contributed by atoms with Crippen molar-refractivity contribution in [1.82, 2.24) is 4.90 Å². The minimum Gasteiger partial charge on any atom is -0.325 e. The van der Waals surface area contributed by atoms with E-state index in [1.54, 1.807) is 12.1 Å². The number of thioether (sulfide) groups is 1. The Kier molecular flexibility index (Phi) is 5.46. The summed E-state index contributed by atoms with van der Waals surface area (Å²) in [6, 6.07) is 13.2. The van der Waals surface area contributed by atoms with Gasteiger partial charge in [-0.3, -0.25) is 19.3 Å². The largest absolute Gasteiger partial charge is 0.325 e. The van der Waals surface area contributed by atoms with Gasteiger partial charge in [0, 0.05) is 5.69 Å². The molecule has 2 aromatic carbocycles. The monoisotopic (exact) mass is 380 g/mol. The standard InChI is InChI=1S/C21H20N2O3S/c1-13-4-7-16(8-5-13)11-18-20(25)23(21(26)27-18)12-19(24)22-17-9-6-14(2)15(3)10-17/h4-11H,12H2,1-3H3,(H,22,24)/b18-11-. The lowest BCUT2D eigenvalue weighted by molar-refractivity contribution is -0.127. The molecule has 0 atom stereocenters. The Morgan fingerprint density at radius 3 is 2.41 bits per heavy atom. The molecular formula is C21H20N2O3S. The number of hydrogen-bond donors (Lipinski definition) is 1. The highest BCUT2D eigenvalue weighted by atomic mass is 32.2. The normalized spacial score (nSPS) is 15.5. The molecule has 1 aliphatic heterocycles. The predicted octanol–water partition coefficient (Wildman–Crippen LogP) is 4.29. The molecule has 1 aliphatic rings. The lowest BCUT2D eigenvalue weighted by Gasteiger charge is -2.13. The number of nitrogens with zero attached hydrogens (tertiary/aromatic N) is 1. The SMILES string of the molecule is Cc1ccc(/C=C2\SC(=O)N(CC(=O)Nc3ccc(C)c(C)c3)C2=O)cc1. The Morgan fingerprint density at radius 1 is 1.04 bits per heavy atom. The van der Waals surface area contributed by atoms with Gasteiger partial charge in [-0.05, 0) is 67.4 Å². The van der Waals surface area contributed by atoms with Crippen molar-refractivity contribution in [3.8, 4) is 0 Å². The molecular weight excluding hydrogens is 360 g/mol. The first-order chi connectivity index (χ1) is 12.8. The summed E-state index contributed by atoms with van der Waals surface area (Å²) >= 11 is 0.852. The van der Waals surface area contributed by atoms with Crippen LogP contribution in [0.1, 0.15) is 22.3 Å². The summed E-state index contributed by atoms with van der Waals surface area (Å²) in [7, 11) is 0. The summed E-state index contributed by atoms with van der Waals surface area (Å²) in [6.07, 6.45) is 1.67. The van der Waals surface area contributed by atoms with Crippen LogP contribution in [0, 0.1) is 20.8 Å². The first-order valence-corrected chi connectivity index (χ1v) is 9.34. The number of carbonyl (C=O) groups is 3. The molecule has 0 spiro atoms. The van der Waals surface area contributed by atoms with Gasteiger partial charge in [0.25, 0.3) is 11.1 Å². The van der Waals surface area contributed by atoms with E-state index in [0.717, 1.165) is 38.9 Å². The number of amides is 3. The molecule has 0 saturated carbocycles. The second-order valence-electron chi connectivity index (χ2n) is 6.53. The molecule has 27 heavy (non-hydrogen) atoms. The maximum absolute atomic E-state index is 12.5. The molecule has 0 radical (unpaired) electrons. The van der Waals surface area contributed by atoms with E-state index in [-0.39, 0.29) is 6.54 Å². The Morgan fingerprint density at radius 2 is 1.74 bits per heavy atom. The van der Waals surface area contributed by atoms with E-state index in [1.165, 1.54) is 0 Å². The smallest absolute Gasteiger partial charge is 0.294 e. The van der Waals surface area contributed by atoms with Crippen molar-refractivity contribution in [3.63, 3.8) is 0 Å². The first-order valence-electron chi connectivity index (χ1n) is 8.52. The van der Waals surface area contributed by atoms with Crippen molar-refractivity contribution >= 4 is 40.6 Å². The third-order valence-corrected chi connectivity index (χ3v) is 5.25. The van der Waals surface area contributed by atoms with Crippen LogP contribution < -0.4 is 5.32 Å². The van der Waals surface area contributed by atoms with Gasteiger partial charge in [0.05, 0.1) is 4.91 Å². The number of nitrogens with one attached hydrogen (secondary N) is 1. The summed E-state index contributed by atoms with van der Waals surface area (Å²) < 4.78 is 0. The fourth-order valence-electron chi connectivity index (χ4n) is 2.61. The second kappa shape index (κ2) is 7.80. The van der Waals surface area contributed by atoms with Gasteiger partial charge in [0.1, 0.15) is 6.54 Å². The van der Waals surface area contributed by atoms with Crippen LogP contribution in [-0.4, -0.2) is 28.5 Å². The minimum absolute atomic E-state index is 0.303. The Labute approximate surface area is 162 Å². The maximum atomic E-state index is 12.5. The number of anilines is 1. The van der Waals surface area contributed by atoms with Crippen LogP contribution in [0.2, 0.25) is 0 Å². The van der Waals surface area contributed by atoms with Crippen molar-refractivity contribution in [1.29, 1.82) is 0 Å². The molecule has 0 aromatic heterocycles. The zero-order chi connectivity index (χ0) is 19.6. The van der Waals surface area contributed by atoms with Gasteiger partial charge in [0.15, 0.2) is 0 Å². The molecule has 1 N–H and O–H groups in total. The molecule has 0 unspecified atom stereocenters. The molecule has 138 valence electrons. The molecule has 2 aromatic rings. The molecule has 3 rings (SSSR count). The summed E-state index contributed by atoms with van der Waals surface area (Å²) in [5.41, 5.74) is 4.78. The summed E-state index contributed by atoms with van der Waals surface area (Å²) in [5.74, 6) is -0.849. The van der Waals surface area contributed by atoms with Crippen LogP contribution in [-0.2, 0) is 9.59 Å². The number of imide groups is 1. The van der Waals surface area contributed by atoms with Gasteiger partial charge in [-0.2, -0.15) is 0 Å². The average Bonchev–Trinajstić information content (AvgIpc) is 2.87. The van der Waals surface area contributed by atoms with Gasteiger partial charge in [-0.1, -0.05) is 35.9 Å². The van der Waals surface area contributed by atoms with Crippen LogP contribution >= 0.6 is 11.8 Å². The molecule has 0 aliphatic carbocycles. The van der Waals surface area contributed by atoms with Gasteiger partial charge in [0.2, 0.25) is 5.91 Å². The molecule has 6 heteroatoms. The number of hydrogen-bond acceptors (Lipinski definition) is 4. The van der Waals surface area contributed by atoms with Gasteiger partial charge >= 0.3 is 0 Å². The number of carbonyl (C=O) groups excluding carboxylic acids is 3. The molecule has 1 fully saturated rings. The van der Waals surface area contributed by atoms with E-state index in [1.807, 2.05) is 57.2 Å². The fourth-order valence-corrected chi connectivity index (χ4v) is 3.45. The van der Waals surface area contributed by atoms with Crippen LogP contribution in [0.3, 0.4) is 0 Å². The maximum Gasteiger partial charge on any atom is 0.294 e.